The summed E-state index contributed by atoms with van der Waals surface area (Å²) in [4.78, 5) is 14.9. The summed E-state index contributed by atoms with van der Waals surface area (Å²) in [7, 11) is 1.36. The van der Waals surface area contributed by atoms with Gasteiger partial charge in [-0.2, -0.15) is 13.2 Å². The standard InChI is InChI=1S/C14H10F3NO3/c1-21-10-6-11(18-12(7-10)13(19)20)8-2-4-9(5-3-8)14(15,16)17/h2-7H,1H3,(H,19,20). The first-order valence-electron chi connectivity index (χ1n) is 5.78. The molecule has 0 bridgehead atoms. The Hall–Kier alpha value is -2.57. The van der Waals surface area contributed by atoms with Crippen molar-refractivity contribution >= 4 is 5.97 Å². The summed E-state index contributed by atoms with van der Waals surface area (Å²) in [5.41, 5.74) is -0.443. The molecule has 1 heterocycles. The normalized spacial score (nSPS) is 11.2. The second-order valence-corrected chi connectivity index (χ2v) is 4.16. The Labute approximate surface area is 117 Å². The van der Waals surface area contributed by atoms with E-state index in [1.807, 2.05) is 0 Å². The van der Waals surface area contributed by atoms with Crippen molar-refractivity contribution in [3.05, 3.63) is 47.7 Å². The number of pyridine rings is 1. The van der Waals surface area contributed by atoms with Gasteiger partial charge in [-0.15, -0.1) is 0 Å². The molecule has 1 aromatic carbocycles. The van der Waals surface area contributed by atoms with Gasteiger partial charge in [-0.25, -0.2) is 9.78 Å². The minimum Gasteiger partial charge on any atom is -0.497 e. The Bertz CT molecular complexity index is 666. The molecule has 0 radical (unpaired) electrons. The van der Waals surface area contributed by atoms with Crippen molar-refractivity contribution < 1.29 is 27.8 Å². The summed E-state index contributed by atoms with van der Waals surface area (Å²) >= 11 is 0. The van der Waals surface area contributed by atoms with Gasteiger partial charge in [-0.05, 0) is 12.1 Å². The highest BCUT2D eigenvalue weighted by Crippen LogP contribution is 2.31. The number of benzene rings is 1. The maximum absolute atomic E-state index is 12.5. The first-order valence-corrected chi connectivity index (χ1v) is 5.78. The lowest BCUT2D eigenvalue weighted by molar-refractivity contribution is -0.137. The molecule has 0 unspecified atom stereocenters. The fraction of sp³-hybridized carbons (Fsp3) is 0.143. The van der Waals surface area contributed by atoms with E-state index in [1.165, 1.54) is 31.4 Å². The zero-order chi connectivity index (χ0) is 15.6. The van der Waals surface area contributed by atoms with Gasteiger partial charge < -0.3 is 9.84 Å². The third-order valence-electron chi connectivity index (χ3n) is 2.76. The zero-order valence-electron chi connectivity index (χ0n) is 10.8. The highest BCUT2D eigenvalue weighted by Gasteiger charge is 2.30. The number of carboxylic acid groups (broad SMARTS) is 1. The highest BCUT2D eigenvalue weighted by molar-refractivity contribution is 5.86. The number of nitrogens with zero attached hydrogens (tertiary/aromatic N) is 1. The van der Waals surface area contributed by atoms with E-state index in [9.17, 15) is 18.0 Å². The monoisotopic (exact) mass is 297 g/mol. The van der Waals surface area contributed by atoms with Crippen molar-refractivity contribution in [1.29, 1.82) is 0 Å². The highest BCUT2D eigenvalue weighted by atomic mass is 19.4. The van der Waals surface area contributed by atoms with Crippen LogP contribution in [0.1, 0.15) is 16.1 Å². The van der Waals surface area contributed by atoms with Gasteiger partial charge in [-0.3, -0.25) is 0 Å². The minimum atomic E-state index is -4.42. The zero-order valence-corrected chi connectivity index (χ0v) is 10.8. The maximum Gasteiger partial charge on any atom is 0.416 e. The van der Waals surface area contributed by atoms with Crippen LogP contribution in [-0.2, 0) is 6.18 Å². The summed E-state index contributed by atoms with van der Waals surface area (Å²) in [6.07, 6.45) is -4.42. The molecular weight excluding hydrogens is 287 g/mol. The van der Waals surface area contributed by atoms with Gasteiger partial charge in [0.1, 0.15) is 5.75 Å². The van der Waals surface area contributed by atoms with Crippen LogP contribution >= 0.6 is 0 Å². The maximum atomic E-state index is 12.5. The largest absolute Gasteiger partial charge is 0.497 e. The SMILES string of the molecule is COc1cc(C(=O)O)nc(-c2ccc(C(F)(F)F)cc2)c1. The summed E-state index contributed by atoms with van der Waals surface area (Å²) in [5.74, 6) is -0.987. The van der Waals surface area contributed by atoms with Crippen LogP contribution in [0.2, 0.25) is 0 Å². The number of ether oxygens (including phenoxy) is 1. The van der Waals surface area contributed by atoms with Gasteiger partial charge in [0.2, 0.25) is 0 Å². The van der Waals surface area contributed by atoms with E-state index in [4.69, 9.17) is 9.84 Å². The molecule has 4 nitrogen and oxygen atoms in total. The third kappa shape index (κ3) is 3.31. The summed E-state index contributed by atoms with van der Waals surface area (Å²) in [5, 5.41) is 8.96. The van der Waals surface area contributed by atoms with Crippen molar-refractivity contribution in [3.8, 4) is 17.0 Å². The van der Waals surface area contributed by atoms with Crippen LogP contribution in [0.15, 0.2) is 36.4 Å². The van der Waals surface area contributed by atoms with Crippen LogP contribution < -0.4 is 4.74 Å². The lowest BCUT2D eigenvalue weighted by Gasteiger charge is -2.09. The fourth-order valence-corrected chi connectivity index (χ4v) is 1.71. The number of aromatic nitrogens is 1. The number of halogens is 3. The number of methoxy groups -OCH3 is 1. The average molecular weight is 297 g/mol. The quantitative estimate of drug-likeness (QED) is 0.942. The van der Waals surface area contributed by atoms with Crippen molar-refractivity contribution in [1.82, 2.24) is 4.98 Å². The molecule has 0 saturated heterocycles. The van der Waals surface area contributed by atoms with Gasteiger partial charge in [0.15, 0.2) is 5.69 Å². The molecule has 110 valence electrons. The molecule has 1 aromatic heterocycles. The molecule has 21 heavy (non-hydrogen) atoms. The smallest absolute Gasteiger partial charge is 0.416 e. The second-order valence-electron chi connectivity index (χ2n) is 4.16. The summed E-state index contributed by atoms with van der Waals surface area (Å²) in [6.45, 7) is 0. The molecule has 1 N–H and O–H groups in total. The molecular formula is C14H10F3NO3. The lowest BCUT2D eigenvalue weighted by Crippen LogP contribution is -2.05. The lowest BCUT2D eigenvalue weighted by atomic mass is 10.1. The van der Waals surface area contributed by atoms with E-state index >= 15 is 0 Å². The van der Waals surface area contributed by atoms with Crippen LogP contribution in [0, 0.1) is 0 Å². The van der Waals surface area contributed by atoms with E-state index in [2.05, 4.69) is 4.98 Å². The van der Waals surface area contributed by atoms with E-state index in [0.717, 1.165) is 12.1 Å². The van der Waals surface area contributed by atoms with E-state index in [-0.39, 0.29) is 17.1 Å². The van der Waals surface area contributed by atoms with Crippen LogP contribution in [0.4, 0.5) is 13.2 Å². The molecule has 0 aliphatic rings. The first kappa shape index (κ1) is 14.8. The molecule has 0 saturated carbocycles. The predicted octanol–water partition coefficient (Wildman–Crippen LogP) is 3.47. The topological polar surface area (TPSA) is 59.4 Å². The summed E-state index contributed by atoms with van der Waals surface area (Å²) in [6, 6.07) is 6.98. The van der Waals surface area contributed by atoms with E-state index in [1.54, 1.807) is 0 Å². The van der Waals surface area contributed by atoms with Crippen LogP contribution in [0.25, 0.3) is 11.3 Å². The second kappa shape index (κ2) is 5.43. The van der Waals surface area contributed by atoms with Gasteiger partial charge >= 0.3 is 12.1 Å². The van der Waals surface area contributed by atoms with E-state index < -0.39 is 17.7 Å². The van der Waals surface area contributed by atoms with Gasteiger partial charge in [-0.1, -0.05) is 12.1 Å². The Kier molecular flexibility index (Phi) is 3.84. The number of carbonyl (C=O) groups is 1. The average Bonchev–Trinajstić information content (AvgIpc) is 2.46. The molecule has 0 amide bonds. The van der Waals surface area contributed by atoms with Crippen molar-refractivity contribution in [3.63, 3.8) is 0 Å². The molecule has 0 aliphatic carbocycles. The molecule has 2 rings (SSSR count). The number of carboxylic acids is 1. The third-order valence-corrected chi connectivity index (χ3v) is 2.76. The number of alkyl halides is 3. The Morgan fingerprint density at radius 2 is 1.81 bits per heavy atom. The number of rotatable bonds is 3. The molecule has 2 aromatic rings. The Morgan fingerprint density at radius 3 is 2.29 bits per heavy atom. The van der Waals surface area contributed by atoms with Crippen LogP contribution in [-0.4, -0.2) is 23.2 Å². The molecule has 0 spiro atoms. The van der Waals surface area contributed by atoms with Gasteiger partial charge in [0.25, 0.3) is 0 Å². The number of aromatic carboxylic acids is 1. The first-order chi connectivity index (χ1) is 9.81. The molecule has 0 atom stereocenters. The minimum absolute atomic E-state index is 0.223. The van der Waals surface area contributed by atoms with E-state index in [0.29, 0.717) is 5.56 Å². The fourth-order valence-electron chi connectivity index (χ4n) is 1.71. The Morgan fingerprint density at radius 1 is 1.19 bits per heavy atom. The predicted molar refractivity (Wildman–Crippen MR) is 68.2 cm³/mol. The van der Waals surface area contributed by atoms with Crippen LogP contribution in [0.3, 0.4) is 0 Å². The van der Waals surface area contributed by atoms with Crippen molar-refractivity contribution in [2.45, 2.75) is 6.18 Å². The number of hydrogen-bond acceptors (Lipinski definition) is 3. The molecule has 0 fully saturated rings. The van der Waals surface area contributed by atoms with Crippen molar-refractivity contribution in [2.75, 3.05) is 7.11 Å². The molecule has 7 heteroatoms. The summed E-state index contributed by atoms with van der Waals surface area (Å²) < 4.78 is 42.5. The van der Waals surface area contributed by atoms with Crippen molar-refractivity contribution in [2.24, 2.45) is 0 Å². The number of hydrogen-bond donors (Lipinski definition) is 1. The van der Waals surface area contributed by atoms with Crippen LogP contribution in [0.5, 0.6) is 5.75 Å². The molecule has 0 aliphatic heterocycles. The Balaban J connectivity index is 2.46. The van der Waals surface area contributed by atoms with Gasteiger partial charge in [0.05, 0.1) is 18.4 Å². The van der Waals surface area contributed by atoms with Gasteiger partial charge in [0, 0.05) is 17.7 Å².